The second kappa shape index (κ2) is 6.15. The summed E-state index contributed by atoms with van der Waals surface area (Å²) in [6, 6.07) is 17.3. The van der Waals surface area contributed by atoms with Crippen molar-refractivity contribution in [2.24, 2.45) is 7.05 Å². The van der Waals surface area contributed by atoms with Gasteiger partial charge < -0.3 is 5.32 Å². The molecule has 4 heteroatoms. The zero-order valence-corrected chi connectivity index (χ0v) is 14.3. The SMILES string of the molecule is CNC(Cc1ccc(I)cc1)c1nn(C)c2ccccc12. The van der Waals surface area contributed by atoms with E-state index < -0.39 is 0 Å². The van der Waals surface area contributed by atoms with Crippen LogP contribution < -0.4 is 5.32 Å². The molecule has 0 spiro atoms. The lowest BCUT2D eigenvalue weighted by atomic mass is 10.0. The first-order valence-electron chi connectivity index (χ1n) is 7.02. The Morgan fingerprint density at radius 3 is 2.57 bits per heavy atom. The maximum absolute atomic E-state index is 4.73. The van der Waals surface area contributed by atoms with Crippen molar-refractivity contribution in [2.45, 2.75) is 12.5 Å². The number of fused-ring (bicyclic) bond motifs is 1. The number of nitrogens with zero attached hydrogens (tertiary/aromatic N) is 2. The molecule has 1 atom stereocenters. The molecule has 0 saturated carbocycles. The quantitative estimate of drug-likeness (QED) is 0.688. The fourth-order valence-corrected chi connectivity index (χ4v) is 3.05. The van der Waals surface area contributed by atoms with E-state index in [9.17, 15) is 0 Å². The number of aromatic nitrogens is 2. The van der Waals surface area contributed by atoms with E-state index in [2.05, 4.69) is 76.4 Å². The van der Waals surface area contributed by atoms with E-state index in [0.29, 0.717) is 0 Å². The topological polar surface area (TPSA) is 29.9 Å². The van der Waals surface area contributed by atoms with Crippen LogP contribution in [0.1, 0.15) is 17.3 Å². The van der Waals surface area contributed by atoms with Crippen LogP contribution in [0.3, 0.4) is 0 Å². The number of halogens is 1. The van der Waals surface area contributed by atoms with Crippen molar-refractivity contribution >= 4 is 33.5 Å². The van der Waals surface area contributed by atoms with Crippen LogP contribution in [0, 0.1) is 3.57 Å². The maximum atomic E-state index is 4.73. The Hall–Kier alpha value is -1.40. The first kappa shape index (κ1) is 14.5. The third kappa shape index (κ3) is 2.96. The Morgan fingerprint density at radius 1 is 1.14 bits per heavy atom. The molecule has 0 aliphatic carbocycles. The first-order chi connectivity index (χ1) is 10.2. The second-order valence-corrected chi connectivity index (χ2v) is 6.44. The molecule has 0 radical (unpaired) electrons. The van der Waals surface area contributed by atoms with E-state index >= 15 is 0 Å². The van der Waals surface area contributed by atoms with Crippen LogP contribution in [0.4, 0.5) is 0 Å². The van der Waals surface area contributed by atoms with Crippen molar-refractivity contribution in [2.75, 3.05) is 7.05 Å². The summed E-state index contributed by atoms with van der Waals surface area (Å²) in [5.74, 6) is 0. The van der Waals surface area contributed by atoms with Gasteiger partial charge in [-0.1, -0.05) is 30.3 Å². The Bertz CT molecular complexity index is 746. The van der Waals surface area contributed by atoms with Crippen molar-refractivity contribution in [1.29, 1.82) is 0 Å². The smallest absolute Gasteiger partial charge is 0.0875 e. The van der Waals surface area contributed by atoms with Gasteiger partial charge in [0, 0.05) is 16.0 Å². The van der Waals surface area contributed by atoms with Crippen LogP contribution in [0.15, 0.2) is 48.5 Å². The normalized spacial score (nSPS) is 12.7. The fraction of sp³-hybridized carbons (Fsp3) is 0.235. The molecule has 21 heavy (non-hydrogen) atoms. The summed E-state index contributed by atoms with van der Waals surface area (Å²) in [6.45, 7) is 0. The van der Waals surface area contributed by atoms with E-state index in [-0.39, 0.29) is 6.04 Å². The average molecular weight is 391 g/mol. The molecule has 3 rings (SSSR count). The zero-order chi connectivity index (χ0) is 14.8. The summed E-state index contributed by atoms with van der Waals surface area (Å²) < 4.78 is 3.23. The van der Waals surface area contributed by atoms with Crippen molar-refractivity contribution in [1.82, 2.24) is 15.1 Å². The predicted octanol–water partition coefficient (Wildman–Crippen LogP) is 3.68. The second-order valence-electron chi connectivity index (χ2n) is 5.20. The molecule has 0 saturated heterocycles. The van der Waals surface area contributed by atoms with Gasteiger partial charge >= 0.3 is 0 Å². The number of hydrogen-bond donors (Lipinski definition) is 1. The van der Waals surface area contributed by atoms with Crippen LogP contribution in [-0.2, 0) is 13.5 Å². The highest BCUT2D eigenvalue weighted by molar-refractivity contribution is 14.1. The fourth-order valence-electron chi connectivity index (χ4n) is 2.69. The largest absolute Gasteiger partial charge is 0.311 e. The minimum absolute atomic E-state index is 0.219. The number of rotatable bonds is 4. The standard InChI is InChI=1S/C17H18IN3/c1-19-15(11-12-7-9-13(18)10-8-12)17-14-5-3-4-6-16(14)21(2)20-17/h3-10,15,19H,11H2,1-2H3. The van der Waals surface area contributed by atoms with Gasteiger partial charge in [0.25, 0.3) is 0 Å². The minimum Gasteiger partial charge on any atom is -0.311 e. The van der Waals surface area contributed by atoms with Crippen LogP contribution in [0.2, 0.25) is 0 Å². The van der Waals surface area contributed by atoms with E-state index in [4.69, 9.17) is 5.10 Å². The van der Waals surface area contributed by atoms with Crippen molar-refractivity contribution in [3.05, 3.63) is 63.4 Å². The summed E-state index contributed by atoms with van der Waals surface area (Å²) in [4.78, 5) is 0. The van der Waals surface area contributed by atoms with Gasteiger partial charge in [0.2, 0.25) is 0 Å². The first-order valence-corrected chi connectivity index (χ1v) is 8.10. The highest BCUT2D eigenvalue weighted by atomic mass is 127. The van der Waals surface area contributed by atoms with Crippen LogP contribution in [0.5, 0.6) is 0 Å². The number of likely N-dealkylation sites (N-methyl/N-ethyl adjacent to an activating group) is 1. The third-order valence-corrected chi connectivity index (χ3v) is 4.54. The Kier molecular flexibility index (Phi) is 4.26. The lowest BCUT2D eigenvalue weighted by Crippen LogP contribution is -2.19. The number of aryl methyl sites for hydroxylation is 1. The van der Waals surface area contributed by atoms with Crippen molar-refractivity contribution in [3.8, 4) is 0 Å². The molecule has 1 aromatic heterocycles. The van der Waals surface area contributed by atoms with E-state index in [1.165, 1.54) is 20.0 Å². The molecule has 2 aromatic carbocycles. The van der Waals surface area contributed by atoms with Crippen molar-refractivity contribution < 1.29 is 0 Å². The van der Waals surface area contributed by atoms with Crippen molar-refractivity contribution in [3.63, 3.8) is 0 Å². The van der Waals surface area contributed by atoms with E-state index in [1.54, 1.807) is 0 Å². The van der Waals surface area contributed by atoms with Gasteiger partial charge in [-0.05, 0) is 59.8 Å². The third-order valence-electron chi connectivity index (χ3n) is 3.82. The van der Waals surface area contributed by atoms with Crippen LogP contribution in [0.25, 0.3) is 10.9 Å². The Balaban J connectivity index is 1.96. The summed E-state index contributed by atoms with van der Waals surface area (Å²) >= 11 is 2.33. The average Bonchev–Trinajstić information content (AvgIpc) is 2.84. The van der Waals surface area contributed by atoms with Gasteiger partial charge in [-0.15, -0.1) is 0 Å². The van der Waals surface area contributed by atoms with Gasteiger partial charge in [-0.2, -0.15) is 5.10 Å². The highest BCUT2D eigenvalue weighted by Crippen LogP contribution is 2.25. The molecular formula is C17H18IN3. The molecular weight excluding hydrogens is 373 g/mol. The summed E-state index contributed by atoms with van der Waals surface area (Å²) in [6.07, 6.45) is 0.939. The molecule has 1 N–H and O–H groups in total. The lowest BCUT2D eigenvalue weighted by molar-refractivity contribution is 0.567. The van der Waals surface area contributed by atoms with Crippen LogP contribution in [-0.4, -0.2) is 16.8 Å². The molecule has 0 aliphatic rings. The Morgan fingerprint density at radius 2 is 1.86 bits per heavy atom. The predicted molar refractivity (Wildman–Crippen MR) is 95.4 cm³/mol. The van der Waals surface area contributed by atoms with Gasteiger partial charge in [-0.3, -0.25) is 4.68 Å². The monoisotopic (exact) mass is 391 g/mol. The zero-order valence-electron chi connectivity index (χ0n) is 12.2. The van der Waals surface area contributed by atoms with Crippen LogP contribution >= 0.6 is 22.6 Å². The molecule has 0 fully saturated rings. The van der Waals surface area contributed by atoms with Gasteiger partial charge in [-0.25, -0.2) is 0 Å². The summed E-state index contributed by atoms with van der Waals surface area (Å²) in [5.41, 5.74) is 3.62. The number of para-hydroxylation sites is 1. The van der Waals surface area contributed by atoms with Gasteiger partial charge in [0.1, 0.15) is 0 Å². The number of hydrogen-bond acceptors (Lipinski definition) is 2. The number of benzene rings is 2. The molecule has 1 unspecified atom stereocenters. The molecule has 1 heterocycles. The molecule has 108 valence electrons. The summed E-state index contributed by atoms with van der Waals surface area (Å²) in [7, 11) is 4.00. The molecule has 3 aromatic rings. The molecule has 3 nitrogen and oxygen atoms in total. The van der Waals surface area contributed by atoms with E-state index in [1.807, 2.05) is 18.8 Å². The molecule has 0 amide bonds. The molecule has 0 aliphatic heterocycles. The minimum atomic E-state index is 0.219. The van der Waals surface area contributed by atoms with Gasteiger partial charge in [0.05, 0.1) is 17.3 Å². The summed E-state index contributed by atoms with van der Waals surface area (Å²) in [5, 5.41) is 9.36. The van der Waals surface area contributed by atoms with Gasteiger partial charge in [0.15, 0.2) is 0 Å². The lowest BCUT2D eigenvalue weighted by Gasteiger charge is -2.14. The Labute approximate surface area is 138 Å². The maximum Gasteiger partial charge on any atom is 0.0875 e. The van der Waals surface area contributed by atoms with E-state index in [0.717, 1.165) is 12.1 Å². The number of nitrogens with one attached hydrogen (secondary N) is 1. The highest BCUT2D eigenvalue weighted by Gasteiger charge is 2.17. The molecule has 0 bridgehead atoms.